The van der Waals surface area contributed by atoms with Crippen molar-refractivity contribution < 1.29 is 23.1 Å². The third-order valence-corrected chi connectivity index (χ3v) is 3.67. The molecule has 116 valence electrons. The van der Waals surface area contributed by atoms with E-state index >= 15 is 0 Å². The molecule has 0 saturated carbocycles. The van der Waals surface area contributed by atoms with Crippen LogP contribution in [0.15, 0.2) is 24.3 Å². The molecule has 1 atom stereocenters. The average Bonchev–Trinajstić information content (AvgIpc) is 2.95. The minimum atomic E-state index is -4.65. The van der Waals surface area contributed by atoms with Gasteiger partial charge in [-0.15, -0.1) is 0 Å². The van der Waals surface area contributed by atoms with Crippen LogP contribution in [0, 0.1) is 5.92 Å². The second-order valence-corrected chi connectivity index (χ2v) is 5.16. The molecule has 8 heteroatoms. The van der Waals surface area contributed by atoms with E-state index in [1.807, 2.05) is 0 Å². The average molecular weight is 311 g/mol. The maximum absolute atomic E-state index is 13.0. The van der Waals surface area contributed by atoms with Crippen molar-refractivity contribution in [2.45, 2.75) is 12.6 Å². The zero-order valence-electron chi connectivity index (χ0n) is 11.3. The fourth-order valence-corrected chi connectivity index (χ4v) is 2.58. The number of fused-ring (bicyclic) bond motifs is 1. The lowest BCUT2D eigenvalue weighted by molar-refractivity contribution is -0.144. The van der Waals surface area contributed by atoms with E-state index in [4.69, 9.17) is 5.11 Å². The molecule has 0 radical (unpaired) electrons. The van der Waals surface area contributed by atoms with Gasteiger partial charge in [0.1, 0.15) is 5.82 Å². The molecule has 1 aliphatic heterocycles. The van der Waals surface area contributed by atoms with Gasteiger partial charge in [0, 0.05) is 18.5 Å². The van der Waals surface area contributed by atoms with Crippen LogP contribution in [0.4, 0.5) is 19.0 Å². The van der Waals surface area contributed by atoms with Gasteiger partial charge < -0.3 is 10.0 Å². The van der Waals surface area contributed by atoms with Crippen LogP contribution in [0.1, 0.15) is 12.2 Å². The highest BCUT2D eigenvalue weighted by Crippen LogP contribution is 2.33. The second kappa shape index (κ2) is 5.11. The van der Waals surface area contributed by atoms with Crippen molar-refractivity contribution in [3.63, 3.8) is 0 Å². The summed E-state index contributed by atoms with van der Waals surface area (Å²) in [6.45, 7) is 0.503. The number of benzene rings is 1. The lowest BCUT2D eigenvalue weighted by Crippen LogP contribution is -2.25. The first kappa shape index (κ1) is 14.6. The van der Waals surface area contributed by atoms with E-state index in [1.165, 1.54) is 6.07 Å². The Bertz CT molecular complexity index is 733. The molecular formula is C14H12F3N3O2. The topological polar surface area (TPSA) is 66.3 Å². The van der Waals surface area contributed by atoms with Crippen molar-refractivity contribution in [1.29, 1.82) is 0 Å². The Labute approximate surface area is 123 Å². The molecule has 1 unspecified atom stereocenters. The Hall–Kier alpha value is -2.38. The molecule has 2 aromatic rings. The molecule has 1 aliphatic rings. The van der Waals surface area contributed by atoms with E-state index in [-0.39, 0.29) is 17.9 Å². The minimum Gasteiger partial charge on any atom is -0.481 e. The first-order valence-electron chi connectivity index (χ1n) is 6.68. The predicted octanol–water partition coefficient (Wildman–Crippen LogP) is 2.56. The molecule has 0 bridgehead atoms. The van der Waals surface area contributed by atoms with Crippen LogP contribution >= 0.6 is 0 Å². The summed E-state index contributed by atoms with van der Waals surface area (Å²) in [5.74, 6) is -2.61. The van der Waals surface area contributed by atoms with Crippen LogP contribution in [0.2, 0.25) is 0 Å². The standard InChI is InChI=1S/C14H12F3N3O2/c15-14(16,17)13-18-10-4-2-1-3-9(10)11(19-13)20-6-5-8(7-20)12(21)22/h1-4,8H,5-7H2,(H,21,22). The van der Waals surface area contributed by atoms with E-state index in [9.17, 15) is 18.0 Å². The van der Waals surface area contributed by atoms with Crippen LogP contribution < -0.4 is 4.90 Å². The summed E-state index contributed by atoms with van der Waals surface area (Å²) in [5.41, 5.74) is 0.193. The first-order chi connectivity index (χ1) is 10.4. The third kappa shape index (κ3) is 2.56. The van der Waals surface area contributed by atoms with Crippen molar-refractivity contribution in [3.8, 4) is 0 Å². The van der Waals surface area contributed by atoms with E-state index in [0.717, 1.165) is 0 Å². The molecule has 22 heavy (non-hydrogen) atoms. The molecule has 0 spiro atoms. The Balaban J connectivity index is 2.10. The van der Waals surface area contributed by atoms with Gasteiger partial charge in [-0.05, 0) is 18.6 Å². The summed E-state index contributed by atoms with van der Waals surface area (Å²) >= 11 is 0. The SMILES string of the molecule is O=C(O)C1CCN(c2nc(C(F)(F)F)nc3ccccc23)C1. The van der Waals surface area contributed by atoms with Crippen molar-refractivity contribution in [3.05, 3.63) is 30.1 Å². The van der Waals surface area contributed by atoms with Gasteiger partial charge in [-0.3, -0.25) is 4.79 Å². The maximum atomic E-state index is 13.0. The number of alkyl halides is 3. The second-order valence-electron chi connectivity index (χ2n) is 5.16. The quantitative estimate of drug-likeness (QED) is 0.923. The van der Waals surface area contributed by atoms with Gasteiger partial charge in [0.05, 0.1) is 11.4 Å². The van der Waals surface area contributed by atoms with Crippen molar-refractivity contribution in [1.82, 2.24) is 9.97 Å². The molecular weight excluding hydrogens is 299 g/mol. The third-order valence-electron chi connectivity index (χ3n) is 3.67. The summed E-state index contributed by atoms with van der Waals surface area (Å²) < 4.78 is 38.9. The maximum Gasteiger partial charge on any atom is 0.451 e. The highest BCUT2D eigenvalue weighted by molar-refractivity contribution is 5.90. The van der Waals surface area contributed by atoms with Crippen molar-refractivity contribution in [2.24, 2.45) is 5.92 Å². The highest BCUT2D eigenvalue weighted by atomic mass is 19.4. The molecule has 2 heterocycles. The molecule has 0 amide bonds. The number of rotatable bonds is 2. The number of aliphatic carboxylic acids is 1. The summed E-state index contributed by atoms with van der Waals surface area (Å²) in [6, 6.07) is 6.41. The summed E-state index contributed by atoms with van der Waals surface area (Å²) in [5, 5.41) is 9.52. The number of para-hydroxylation sites is 1. The van der Waals surface area contributed by atoms with Gasteiger partial charge in [0.15, 0.2) is 0 Å². The highest BCUT2D eigenvalue weighted by Gasteiger charge is 2.37. The summed E-state index contributed by atoms with van der Waals surface area (Å²) in [7, 11) is 0. The number of anilines is 1. The van der Waals surface area contributed by atoms with Crippen LogP contribution in [0.25, 0.3) is 10.9 Å². The molecule has 1 N–H and O–H groups in total. The van der Waals surface area contributed by atoms with Crippen LogP contribution in [-0.2, 0) is 11.0 Å². The van der Waals surface area contributed by atoms with Gasteiger partial charge in [0.25, 0.3) is 0 Å². The van der Waals surface area contributed by atoms with Gasteiger partial charge in [0.2, 0.25) is 5.82 Å². The number of nitrogens with zero attached hydrogens (tertiary/aromatic N) is 3. The molecule has 0 aliphatic carbocycles. The van der Waals surface area contributed by atoms with E-state index in [1.54, 1.807) is 23.1 Å². The Morgan fingerprint density at radius 3 is 2.64 bits per heavy atom. The van der Waals surface area contributed by atoms with Gasteiger partial charge in [-0.2, -0.15) is 13.2 Å². The zero-order chi connectivity index (χ0) is 15.9. The largest absolute Gasteiger partial charge is 0.481 e. The Morgan fingerprint density at radius 2 is 2.00 bits per heavy atom. The van der Waals surface area contributed by atoms with Gasteiger partial charge in [-0.25, -0.2) is 9.97 Å². The van der Waals surface area contributed by atoms with E-state index in [0.29, 0.717) is 18.4 Å². The van der Waals surface area contributed by atoms with Crippen LogP contribution in [-0.4, -0.2) is 34.1 Å². The minimum absolute atomic E-state index is 0.140. The zero-order valence-corrected chi connectivity index (χ0v) is 11.3. The lowest BCUT2D eigenvalue weighted by atomic mass is 10.1. The number of hydrogen-bond acceptors (Lipinski definition) is 4. The fourth-order valence-electron chi connectivity index (χ4n) is 2.58. The first-order valence-corrected chi connectivity index (χ1v) is 6.68. The van der Waals surface area contributed by atoms with Gasteiger partial charge in [-0.1, -0.05) is 12.1 Å². The fraction of sp³-hybridized carbons (Fsp3) is 0.357. The smallest absolute Gasteiger partial charge is 0.451 e. The lowest BCUT2D eigenvalue weighted by Gasteiger charge is -2.20. The molecule has 1 aromatic carbocycles. The monoisotopic (exact) mass is 311 g/mol. The predicted molar refractivity (Wildman–Crippen MR) is 72.5 cm³/mol. The number of aromatic nitrogens is 2. The molecule has 3 rings (SSSR count). The molecule has 1 aromatic heterocycles. The Kier molecular flexibility index (Phi) is 3.38. The Morgan fingerprint density at radius 1 is 1.27 bits per heavy atom. The molecule has 1 saturated heterocycles. The van der Waals surface area contributed by atoms with Crippen LogP contribution in [0.5, 0.6) is 0 Å². The molecule has 5 nitrogen and oxygen atoms in total. The number of halogens is 3. The van der Waals surface area contributed by atoms with Crippen molar-refractivity contribution in [2.75, 3.05) is 18.0 Å². The molecule has 1 fully saturated rings. The summed E-state index contributed by atoms with van der Waals surface area (Å²) in [4.78, 5) is 19.8. The number of carbonyl (C=O) groups is 1. The van der Waals surface area contributed by atoms with Crippen molar-refractivity contribution >= 4 is 22.7 Å². The number of carboxylic acids is 1. The van der Waals surface area contributed by atoms with Gasteiger partial charge >= 0.3 is 12.1 Å². The van der Waals surface area contributed by atoms with Crippen LogP contribution in [0.3, 0.4) is 0 Å². The normalized spacial score (nSPS) is 18.9. The van der Waals surface area contributed by atoms with E-state index < -0.39 is 23.9 Å². The van der Waals surface area contributed by atoms with E-state index in [2.05, 4.69) is 9.97 Å². The number of carboxylic acid groups (broad SMARTS) is 1. The summed E-state index contributed by atoms with van der Waals surface area (Å²) in [6.07, 6.45) is -4.26. The number of hydrogen-bond donors (Lipinski definition) is 1.